The Morgan fingerprint density at radius 1 is 1.50 bits per heavy atom. The molecule has 1 atom stereocenters. The number of nitrogens with one attached hydrogen (secondary N) is 1. The molecule has 2 nitrogen and oxygen atoms in total. The molecule has 0 heterocycles. The summed E-state index contributed by atoms with van der Waals surface area (Å²) in [6.07, 6.45) is 2.49. The van der Waals surface area contributed by atoms with E-state index in [2.05, 4.69) is 11.9 Å². The Morgan fingerprint density at radius 3 is 2.88 bits per heavy atom. The summed E-state index contributed by atoms with van der Waals surface area (Å²) < 4.78 is 18.5. The number of hydrogen-bond donors (Lipinski definition) is 1. The zero-order valence-electron chi connectivity index (χ0n) is 9.58. The number of halogens is 1. The van der Waals surface area contributed by atoms with Crippen LogP contribution in [0, 0.1) is 5.82 Å². The standard InChI is InChI=1S/C13H18FNO/c1-3-6-13(15-9-10-16-2)11-7-4-5-8-12(11)14/h3-5,7-8,13,15H,1,6,9-10H2,2H3. The molecule has 0 aromatic heterocycles. The van der Waals surface area contributed by atoms with Gasteiger partial charge in [-0.15, -0.1) is 6.58 Å². The lowest BCUT2D eigenvalue weighted by atomic mass is 10.0. The average Bonchev–Trinajstić information content (AvgIpc) is 2.29. The van der Waals surface area contributed by atoms with Crippen molar-refractivity contribution in [3.63, 3.8) is 0 Å². The van der Waals surface area contributed by atoms with Gasteiger partial charge < -0.3 is 10.1 Å². The molecule has 1 unspecified atom stereocenters. The second-order valence-electron chi connectivity index (χ2n) is 3.55. The summed E-state index contributed by atoms with van der Waals surface area (Å²) in [5, 5.41) is 3.24. The van der Waals surface area contributed by atoms with Gasteiger partial charge in [0.05, 0.1) is 6.61 Å². The van der Waals surface area contributed by atoms with Gasteiger partial charge in [0, 0.05) is 25.3 Å². The second-order valence-corrected chi connectivity index (χ2v) is 3.55. The van der Waals surface area contributed by atoms with Crippen molar-refractivity contribution in [3.05, 3.63) is 48.3 Å². The normalized spacial score (nSPS) is 12.4. The molecular formula is C13H18FNO. The van der Waals surface area contributed by atoms with Gasteiger partial charge in [0.15, 0.2) is 0 Å². The maximum atomic E-state index is 13.6. The molecular weight excluding hydrogens is 205 g/mol. The molecule has 0 amide bonds. The fourth-order valence-corrected chi connectivity index (χ4v) is 1.58. The highest BCUT2D eigenvalue weighted by atomic mass is 19.1. The van der Waals surface area contributed by atoms with Crippen LogP contribution < -0.4 is 5.32 Å². The lowest BCUT2D eigenvalue weighted by Crippen LogP contribution is -2.25. The Hall–Kier alpha value is -1.19. The number of ether oxygens (including phenoxy) is 1. The van der Waals surface area contributed by atoms with Crippen LogP contribution in [0.1, 0.15) is 18.0 Å². The molecule has 88 valence electrons. The van der Waals surface area contributed by atoms with Crippen molar-refractivity contribution in [2.24, 2.45) is 0 Å². The molecule has 16 heavy (non-hydrogen) atoms. The van der Waals surface area contributed by atoms with Crippen LogP contribution in [0.5, 0.6) is 0 Å². The number of benzene rings is 1. The van der Waals surface area contributed by atoms with Crippen LogP contribution in [-0.4, -0.2) is 20.3 Å². The summed E-state index contributed by atoms with van der Waals surface area (Å²) in [6, 6.07) is 6.77. The fourth-order valence-electron chi connectivity index (χ4n) is 1.58. The third-order valence-electron chi connectivity index (χ3n) is 2.38. The predicted octanol–water partition coefficient (Wildman–Crippen LogP) is 2.68. The largest absolute Gasteiger partial charge is 0.383 e. The fraction of sp³-hybridized carbons (Fsp3) is 0.385. The third-order valence-corrected chi connectivity index (χ3v) is 2.38. The first-order chi connectivity index (χ1) is 7.79. The zero-order valence-corrected chi connectivity index (χ0v) is 9.58. The molecule has 0 aliphatic heterocycles. The molecule has 0 radical (unpaired) electrons. The van der Waals surface area contributed by atoms with Gasteiger partial charge in [-0.2, -0.15) is 0 Å². The zero-order chi connectivity index (χ0) is 11.8. The first-order valence-corrected chi connectivity index (χ1v) is 5.37. The first-order valence-electron chi connectivity index (χ1n) is 5.37. The van der Waals surface area contributed by atoms with Crippen molar-refractivity contribution < 1.29 is 9.13 Å². The van der Waals surface area contributed by atoms with Crippen LogP contribution in [0.3, 0.4) is 0 Å². The lowest BCUT2D eigenvalue weighted by molar-refractivity contribution is 0.195. The maximum absolute atomic E-state index is 13.6. The van der Waals surface area contributed by atoms with Gasteiger partial charge in [-0.3, -0.25) is 0 Å². The van der Waals surface area contributed by atoms with Gasteiger partial charge in [0.1, 0.15) is 5.82 Å². The summed E-state index contributed by atoms with van der Waals surface area (Å²) in [5.41, 5.74) is 0.679. The molecule has 0 saturated carbocycles. The van der Waals surface area contributed by atoms with E-state index in [0.717, 1.165) is 0 Å². The van der Waals surface area contributed by atoms with Gasteiger partial charge in [-0.1, -0.05) is 24.3 Å². The first kappa shape index (κ1) is 12.9. The molecule has 0 aliphatic carbocycles. The molecule has 0 spiro atoms. The lowest BCUT2D eigenvalue weighted by Gasteiger charge is -2.18. The summed E-state index contributed by atoms with van der Waals surface area (Å²) in [6.45, 7) is 5.00. The molecule has 1 aromatic rings. The van der Waals surface area contributed by atoms with E-state index in [-0.39, 0.29) is 11.9 Å². The van der Waals surface area contributed by atoms with E-state index >= 15 is 0 Å². The van der Waals surface area contributed by atoms with Gasteiger partial charge in [-0.05, 0) is 12.5 Å². The van der Waals surface area contributed by atoms with E-state index in [1.54, 1.807) is 25.3 Å². The van der Waals surface area contributed by atoms with E-state index in [9.17, 15) is 4.39 Å². The van der Waals surface area contributed by atoms with Crippen LogP contribution in [0.2, 0.25) is 0 Å². The summed E-state index contributed by atoms with van der Waals surface area (Å²) in [5.74, 6) is -0.181. The van der Waals surface area contributed by atoms with Gasteiger partial charge >= 0.3 is 0 Å². The van der Waals surface area contributed by atoms with E-state index in [1.165, 1.54) is 6.07 Å². The number of rotatable bonds is 7. The minimum atomic E-state index is -0.181. The molecule has 1 N–H and O–H groups in total. The second kappa shape index (κ2) is 7.14. The Kier molecular flexibility index (Phi) is 5.75. The molecule has 0 saturated heterocycles. The Balaban J connectivity index is 2.69. The molecule has 3 heteroatoms. The van der Waals surface area contributed by atoms with Gasteiger partial charge in [0.2, 0.25) is 0 Å². The average molecular weight is 223 g/mol. The Labute approximate surface area is 96.1 Å². The van der Waals surface area contributed by atoms with Gasteiger partial charge in [-0.25, -0.2) is 4.39 Å². The van der Waals surface area contributed by atoms with Crippen molar-refractivity contribution in [2.75, 3.05) is 20.3 Å². The van der Waals surface area contributed by atoms with E-state index in [4.69, 9.17) is 4.74 Å². The van der Waals surface area contributed by atoms with Crippen LogP contribution >= 0.6 is 0 Å². The van der Waals surface area contributed by atoms with E-state index in [1.807, 2.05) is 6.07 Å². The molecule has 0 aliphatic rings. The highest BCUT2D eigenvalue weighted by Crippen LogP contribution is 2.19. The molecule has 0 bridgehead atoms. The quantitative estimate of drug-likeness (QED) is 0.567. The maximum Gasteiger partial charge on any atom is 0.127 e. The SMILES string of the molecule is C=CCC(NCCOC)c1ccccc1F. The topological polar surface area (TPSA) is 21.3 Å². The van der Waals surface area contributed by atoms with E-state index < -0.39 is 0 Å². The predicted molar refractivity (Wildman–Crippen MR) is 63.8 cm³/mol. The monoisotopic (exact) mass is 223 g/mol. The Morgan fingerprint density at radius 2 is 2.25 bits per heavy atom. The highest BCUT2D eigenvalue weighted by molar-refractivity contribution is 5.21. The van der Waals surface area contributed by atoms with Crippen LogP contribution in [0.25, 0.3) is 0 Å². The smallest absolute Gasteiger partial charge is 0.127 e. The minimum absolute atomic E-state index is 0.0335. The molecule has 1 aromatic carbocycles. The number of hydrogen-bond acceptors (Lipinski definition) is 2. The number of methoxy groups -OCH3 is 1. The minimum Gasteiger partial charge on any atom is -0.383 e. The van der Waals surface area contributed by atoms with Crippen LogP contribution in [0.4, 0.5) is 4.39 Å². The summed E-state index contributed by atoms with van der Waals surface area (Å²) in [7, 11) is 1.65. The van der Waals surface area contributed by atoms with Crippen LogP contribution in [0.15, 0.2) is 36.9 Å². The third kappa shape index (κ3) is 3.76. The van der Waals surface area contributed by atoms with Gasteiger partial charge in [0.25, 0.3) is 0 Å². The van der Waals surface area contributed by atoms with Crippen molar-refractivity contribution in [1.82, 2.24) is 5.32 Å². The Bertz CT molecular complexity index is 327. The van der Waals surface area contributed by atoms with E-state index in [0.29, 0.717) is 25.1 Å². The summed E-state index contributed by atoms with van der Waals surface area (Å²) in [4.78, 5) is 0. The van der Waals surface area contributed by atoms with Crippen molar-refractivity contribution >= 4 is 0 Å². The van der Waals surface area contributed by atoms with Crippen LogP contribution in [-0.2, 0) is 4.74 Å². The highest BCUT2D eigenvalue weighted by Gasteiger charge is 2.12. The summed E-state index contributed by atoms with van der Waals surface area (Å²) >= 11 is 0. The van der Waals surface area contributed by atoms with Crippen molar-refractivity contribution in [1.29, 1.82) is 0 Å². The van der Waals surface area contributed by atoms with Crippen molar-refractivity contribution in [3.8, 4) is 0 Å². The molecule has 0 fully saturated rings. The molecule has 1 rings (SSSR count). The van der Waals surface area contributed by atoms with Crippen molar-refractivity contribution in [2.45, 2.75) is 12.5 Å².